The standard InChI is InChI=1S/C12H20N4O/c13-16-12-7-10(4-5-14-12)15-8-9-2-1-3-11(17)6-9/h4-5,7,9,11,17H,1-3,6,8,13H2,(H2,14,15,16). The third-order valence-electron chi connectivity index (χ3n) is 3.26. The molecule has 2 unspecified atom stereocenters. The van der Waals surface area contributed by atoms with Gasteiger partial charge in [0.25, 0.3) is 0 Å². The number of rotatable bonds is 4. The molecule has 5 heteroatoms. The van der Waals surface area contributed by atoms with Gasteiger partial charge in [0, 0.05) is 24.5 Å². The second kappa shape index (κ2) is 5.84. The number of anilines is 2. The number of nitrogens with two attached hydrogens (primary N) is 1. The first-order valence-corrected chi connectivity index (χ1v) is 6.12. The van der Waals surface area contributed by atoms with Crippen molar-refractivity contribution in [3.05, 3.63) is 18.3 Å². The van der Waals surface area contributed by atoms with Crippen LogP contribution in [0.4, 0.5) is 11.5 Å². The zero-order valence-corrected chi connectivity index (χ0v) is 9.89. The first-order valence-electron chi connectivity index (χ1n) is 6.12. The summed E-state index contributed by atoms with van der Waals surface area (Å²) < 4.78 is 0. The highest BCUT2D eigenvalue weighted by molar-refractivity contribution is 5.51. The van der Waals surface area contributed by atoms with Gasteiger partial charge in [0.05, 0.1) is 6.10 Å². The molecule has 1 fully saturated rings. The Morgan fingerprint density at radius 3 is 3.12 bits per heavy atom. The van der Waals surface area contributed by atoms with Gasteiger partial charge < -0.3 is 15.8 Å². The zero-order chi connectivity index (χ0) is 12.1. The maximum absolute atomic E-state index is 9.59. The highest BCUT2D eigenvalue weighted by Crippen LogP contribution is 2.24. The highest BCUT2D eigenvalue weighted by atomic mass is 16.3. The number of nitrogens with one attached hydrogen (secondary N) is 2. The van der Waals surface area contributed by atoms with E-state index < -0.39 is 0 Å². The Bertz CT molecular complexity index is 358. The number of hydrazine groups is 1. The van der Waals surface area contributed by atoms with E-state index in [4.69, 9.17) is 5.84 Å². The molecule has 5 N–H and O–H groups in total. The summed E-state index contributed by atoms with van der Waals surface area (Å²) in [5.41, 5.74) is 3.53. The molecular weight excluding hydrogens is 216 g/mol. The molecule has 0 aromatic carbocycles. The molecule has 1 saturated carbocycles. The summed E-state index contributed by atoms with van der Waals surface area (Å²) in [5, 5.41) is 13.0. The van der Waals surface area contributed by atoms with Crippen molar-refractivity contribution in [1.82, 2.24) is 4.98 Å². The summed E-state index contributed by atoms with van der Waals surface area (Å²) in [5.74, 6) is 6.51. The Balaban J connectivity index is 1.84. The van der Waals surface area contributed by atoms with Crippen molar-refractivity contribution in [3.8, 4) is 0 Å². The summed E-state index contributed by atoms with van der Waals surface area (Å²) in [4.78, 5) is 4.05. The number of aliphatic hydroxyl groups is 1. The van der Waals surface area contributed by atoms with Gasteiger partial charge in [0.15, 0.2) is 0 Å². The second-order valence-electron chi connectivity index (χ2n) is 4.64. The van der Waals surface area contributed by atoms with Crippen LogP contribution in [0.5, 0.6) is 0 Å². The van der Waals surface area contributed by atoms with Gasteiger partial charge >= 0.3 is 0 Å². The van der Waals surface area contributed by atoms with E-state index >= 15 is 0 Å². The van der Waals surface area contributed by atoms with Gasteiger partial charge in [-0.2, -0.15) is 0 Å². The Morgan fingerprint density at radius 1 is 1.47 bits per heavy atom. The molecule has 0 amide bonds. The highest BCUT2D eigenvalue weighted by Gasteiger charge is 2.19. The predicted octanol–water partition coefficient (Wildman–Crippen LogP) is 1.33. The molecule has 1 aliphatic rings. The van der Waals surface area contributed by atoms with E-state index in [-0.39, 0.29) is 6.10 Å². The van der Waals surface area contributed by atoms with Crippen LogP contribution in [0.3, 0.4) is 0 Å². The predicted molar refractivity (Wildman–Crippen MR) is 68.5 cm³/mol. The minimum atomic E-state index is -0.116. The van der Waals surface area contributed by atoms with E-state index in [1.54, 1.807) is 6.20 Å². The molecule has 1 heterocycles. The van der Waals surface area contributed by atoms with E-state index in [1.165, 1.54) is 6.42 Å². The lowest BCUT2D eigenvalue weighted by Gasteiger charge is -2.26. The zero-order valence-electron chi connectivity index (χ0n) is 9.89. The molecule has 1 aromatic heterocycles. The maximum atomic E-state index is 9.59. The fourth-order valence-electron chi connectivity index (χ4n) is 2.33. The van der Waals surface area contributed by atoms with Crippen molar-refractivity contribution < 1.29 is 5.11 Å². The van der Waals surface area contributed by atoms with Crippen LogP contribution in [-0.4, -0.2) is 22.7 Å². The van der Waals surface area contributed by atoms with Crippen molar-refractivity contribution in [2.75, 3.05) is 17.3 Å². The summed E-state index contributed by atoms with van der Waals surface area (Å²) in [6, 6.07) is 3.79. The van der Waals surface area contributed by atoms with Crippen molar-refractivity contribution >= 4 is 11.5 Å². The molecule has 0 aliphatic heterocycles. The lowest BCUT2D eigenvalue weighted by molar-refractivity contribution is 0.105. The summed E-state index contributed by atoms with van der Waals surface area (Å²) >= 11 is 0. The van der Waals surface area contributed by atoms with Crippen molar-refractivity contribution in [1.29, 1.82) is 0 Å². The minimum Gasteiger partial charge on any atom is -0.393 e. The van der Waals surface area contributed by atoms with Gasteiger partial charge in [-0.3, -0.25) is 0 Å². The molecule has 17 heavy (non-hydrogen) atoms. The molecule has 0 spiro atoms. The fraction of sp³-hybridized carbons (Fsp3) is 0.583. The first-order chi connectivity index (χ1) is 8.28. The van der Waals surface area contributed by atoms with Crippen molar-refractivity contribution in [2.24, 2.45) is 11.8 Å². The maximum Gasteiger partial charge on any atom is 0.141 e. The van der Waals surface area contributed by atoms with Crippen LogP contribution in [0.25, 0.3) is 0 Å². The molecule has 0 radical (unpaired) electrons. The van der Waals surface area contributed by atoms with Gasteiger partial charge in [-0.1, -0.05) is 6.42 Å². The SMILES string of the molecule is NNc1cc(NCC2CCCC(O)C2)ccn1. The van der Waals surface area contributed by atoms with Gasteiger partial charge in [0.2, 0.25) is 0 Å². The van der Waals surface area contributed by atoms with Crippen LogP contribution in [-0.2, 0) is 0 Å². The van der Waals surface area contributed by atoms with E-state index in [9.17, 15) is 5.11 Å². The molecule has 2 rings (SSSR count). The first kappa shape index (κ1) is 12.1. The number of hydrogen-bond acceptors (Lipinski definition) is 5. The number of nitrogens with zero attached hydrogens (tertiary/aromatic N) is 1. The molecule has 1 aromatic rings. The van der Waals surface area contributed by atoms with Crippen LogP contribution in [0.2, 0.25) is 0 Å². The molecule has 0 bridgehead atoms. The number of aromatic nitrogens is 1. The molecule has 1 aliphatic carbocycles. The van der Waals surface area contributed by atoms with Gasteiger partial charge in [0.1, 0.15) is 5.82 Å². The quantitative estimate of drug-likeness (QED) is 0.468. The van der Waals surface area contributed by atoms with E-state index in [1.807, 2.05) is 12.1 Å². The fourth-order valence-corrected chi connectivity index (χ4v) is 2.33. The van der Waals surface area contributed by atoms with Gasteiger partial charge in [-0.15, -0.1) is 0 Å². The average Bonchev–Trinajstić information content (AvgIpc) is 2.37. The number of pyridine rings is 1. The molecule has 2 atom stereocenters. The minimum absolute atomic E-state index is 0.116. The van der Waals surface area contributed by atoms with E-state index in [0.717, 1.165) is 31.5 Å². The summed E-state index contributed by atoms with van der Waals surface area (Å²) in [7, 11) is 0. The lowest BCUT2D eigenvalue weighted by atomic mass is 9.87. The molecule has 0 saturated heterocycles. The van der Waals surface area contributed by atoms with Crippen LogP contribution in [0, 0.1) is 5.92 Å². The third kappa shape index (κ3) is 3.57. The largest absolute Gasteiger partial charge is 0.393 e. The third-order valence-corrected chi connectivity index (χ3v) is 3.26. The van der Waals surface area contributed by atoms with Crippen LogP contribution in [0.1, 0.15) is 25.7 Å². The lowest BCUT2D eigenvalue weighted by Crippen LogP contribution is -2.25. The monoisotopic (exact) mass is 236 g/mol. The Kier molecular flexibility index (Phi) is 4.17. The summed E-state index contributed by atoms with van der Waals surface area (Å²) in [6.45, 7) is 0.894. The van der Waals surface area contributed by atoms with Crippen molar-refractivity contribution in [2.45, 2.75) is 31.8 Å². The van der Waals surface area contributed by atoms with Crippen molar-refractivity contribution in [3.63, 3.8) is 0 Å². The normalized spacial score (nSPS) is 24.4. The van der Waals surface area contributed by atoms with Crippen LogP contribution < -0.4 is 16.6 Å². The topological polar surface area (TPSA) is 83.2 Å². The van der Waals surface area contributed by atoms with Gasteiger partial charge in [-0.25, -0.2) is 10.8 Å². The summed E-state index contributed by atoms with van der Waals surface area (Å²) in [6.07, 6.45) is 5.77. The second-order valence-corrected chi connectivity index (χ2v) is 4.64. The smallest absolute Gasteiger partial charge is 0.141 e. The number of hydrogen-bond donors (Lipinski definition) is 4. The molecule has 94 valence electrons. The molecular formula is C12H20N4O. The molecule has 5 nitrogen and oxygen atoms in total. The Labute approximate surface area is 101 Å². The van der Waals surface area contributed by atoms with Gasteiger partial charge in [-0.05, 0) is 31.2 Å². The number of nitrogen functional groups attached to an aromatic ring is 1. The Hall–Kier alpha value is -1.33. The van der Waals surface area contributed by atoms with Crippen LogP contribution >= 0.6 is 0 Å². The number of aliphatic hydroxyl groups excluding tert-OH is 1. The van der Waals surface area contributed by atoms with E-state index in [0.29, 0.717) is 11.7 Å². The van der Waals surface area contributed by atoms with E-state index in [2.05, 4.69) is 15.7 Å². The Morgan fingerprint density at radius 2 is 2.35 bits per heavy atom. The van der Waals surface area contributed by atoms with Crippen LogP contribution in [0.15, 0.2) is 18.3 Å². The average molecular weight is 236 g/mol.